The molecule has 12 heavy (non-hydrogen) atoms. The monoisotopic (exact) mass is 196 g/mol. The van der Waals surface area contributed by atoms with Crippen LogP contribution in [-0.4, -0.2) is 5.75 Å². The van der Waals surface area contributed by atoms with E-state index in [1.54, 1.807) is 11.8 Å². The molecule has 0 radical (unpaired) electrons. The highest BCUT2D eigenvalue weighted by Gasteiger charge is 1.93. The molecule has 0 nitrogen and oxygen atoms in total. The van der Waals surface area contributed by atoms with Crippen LogP contribution in [0.25, 0.3) is 0 Å². The van der Waals surface area contributed by atoms with Crippen LogP contribution in [0, 0.1) is 12.3 Å². The van der Waals surface area contributed by atoms with Gasteiger partial charge in [-0.3, -0.25) is 0 Å². The molecule has 0 saturated heterocycles. The van der Waals surface area contributed by atoms with Gasteiger partial charge in [0, 0.05) is 22.1 Å². The van der Waals surface area contributed by atoms with E-state index in [-0.39, 0.29) is 0 Å². The van der Waals surface area contributed by atoms with Crippen LogP contribution in [0.3, 0.4) is 0 Å². The van der Waals surface area contributed by atoms with Crippen molar-refractivity contribution in [1.82, 2.24) is 0 Å². The van der Waals surface area contributed by atoms with Crippen LogP contribution >= 0.6 is 23.4 Å². The molecule has 1 aromatic carbocycles. The van der Waals surface area contributed by atoms with E-state index in [1.807, 2.05) is 24.3 Å². The minimum atomic E-state index is 0.778. The quantitative estimate of drug-likeness (QED) is 0.406. The van der Waals surface area contributed by atoms with Crippen LogP contribution in [0.4, 0.5) is 0 Å². The standard InChI is InChI=1S/C10H9ClS/c1-2-3-7-12-10-6-4-5-9(11)8-10/h1,4-6,8H,3,7H2. The molecule has 0 amide bonds. The summed E-state index contributed by atoms with van der Waals surface area (Å²) in [6.45, 7) is 0. The van der Waals surface area contributed by atoms with E-state index in [1.165, 1.54) is 4.90 Å². The summed E-state index contributed by atoms with van der Waals surface area (Å²) < 4.78 is 0. The molecular formula is C10H9ClS. The second-order valence-corrected chi connectivity index (χ2v) is 3.86. The zero-order chi connectivity index (χ0) is 8.81. The van der Waals surface area contributed by atoms with Crippen LogP contribution in [0.5, 0.6) is 0 Å². The third-order valence-corrected chi connectivity index (χ3v) is 2.54. The predicted octanol–water partition coefficient (Wildman–Crippen LogP) is 3.46. The molecular weight excluding hydrogens is 188 g/mol. The number of thioether (sulfide) groups is 1. The molecule has 1 aromatic rings. The van der Waals surface area contributed by atoms with Crippen molar-refractivity contribution in [3.8, 4) is 12.3 Å². The Morgan fingerprint density at radius 1 is 1.50 bits per heavy atom. The molecule has 0 aliphatic carbocycles. The lowest BCUT2D eigenvalue weighted by molar-refractivity contribution is 1.29. The second-order valence-electron chi connectivity index (χ2n) is 2.26. The first-order valence-corrected chi connectivity index (χ1v) is 5.01. The fourth-order valence-corrected chi connectivity index (χ4v) is 1.88. The summed E-state index contributed by atoms with van der Waals surface area (Å²) in [5.41, 5.74) is 0. The van der Waals surface area contributed by atoms with Crippen molar-refractivity contribution in [2.24, 2.45) is 0 Å². The molecule has 1 rings (SSSR count). The van der Waals surface area contributed by atoms with Gasteiger partial charge < -0.3 is 0 Å². The maximum atomic E-state index is 5.80. The van der Waals surface area contributed by atoms with Crippen molar-refractivity contribution < 1.29 is 0 Å². The van der Waals surface area contributed by atoms with Crippen molar-refractivity contribution in [3.63, 3.8) is 0 Å². The lowest BCUT2D eigenvalue weighted by Crippen LogP contribution is -1.76. The van der Waals surface area contributed by atoms with Crippen LogP contribution < -0.4 is 0 Å². The summed E-state index contributed by atoms with van der Waals surface area (Å²) >= 11 is 7.54. The smallest absolute Gasteiger partial charge is 0.0417 e. The number of halogens is 1. The molecule has 0 aliphatic rings. The molecule has 0 heterocycles. The molecule has 0 aromatic heterocycles. The first kappa shape index (κ1) is 9.51. The minimum Gasteiger partial charge on any atom is -0.125 e. The van der Waals surface area contributed by atoms with Gasteiger partial charge in [-0.1, -0.05) is 17.7 Å². The number of benzene rings is 1. The van der Waals surface area contributed by atoms with Crippen molar-refractivity contribution in [2.75, 3.05) is 5.75 Å². The molecule has 0 atom stereocenters. The first-order valence-electron chi connectivity index (χ1n) is 3.65. The van der Waals surface area contributed by atoms with Crippen molar-refractivity contribution in [1.29, 1.82) is 0 Å². The van der Waals surface area contributed by atoms with Gasteiger partial charge >= 0.3 is 0 Å². The third-order valence-electron chi connectivity index (χ3n) is 1.31. The van der Waals surface area contributed by atoms with Gasteiger partial charge in [-0.05, 0) is 18.2 Å². The Hall–Kier alpha value is -0.580. The molecule has 0 N–H and O–H groups in total. The summed E-state index contributed by atoms with van der Waals surface area (Å²) in [6.07, 6.45) is 5.94. The minimum absolute atomic E-state index is 0.778. The van der Waals surface area contributed by atoms with E-state index in [0.717, 1.165) is 17.2 Å². The number of terminal acetylenes is 1. The average molecular weight is 197 g/mol. The number of hydrogen-bond acceptors (Lipinski definition) is 1. The summed E-state index contributed by atoms with van der Waals surface area (Å²) in [7, 11) is 0. The molecule has 0 spiro atoms. The van der Waals surface area contributed by atoms with Gasteiger partial charge in [-0.2, -0.15) is 0 Å². The maximum absolute atomic E-state index is 5.80. The van der Waals surface area contributed by atoms with E-state index in [0.29, 0.717) is 0 Å². The van der Waals surface area contributed by atoms with Crippen LogP contribution in [0.2, 0.25) is 5.02 Å². The summed E-state index contributed by atoms with van der Waals surface area (Å²) in [6, 6.07) is 7.79. The average Bonchev–Trinajstić information content (AvgIpc) is 2.05. The van der Waals surface area contributed by atoms with Gasteiger partial charge in [0.15, 0.2) is 0 Å². The highest BCUT2D eigenvalue weighted by atomic mass is 35.5. The normalized spacial score (nSPS) is 9.33. The van der Waals surface area contributed by atoms with Crippen molar-refractivity contribution in [2.45, 2.75) is 11.3 Å². The van der Waals surface area contributed by atoms with Crippen molar-refractivity contribution >= 4 is 23.4 Å². The number of rotatable bonds is 3. The topological polar surface area (TPSA) is 0 Å². The fraction of sp³-hybridized carbons (Fsp3) is 0.200. The van der Waals surface area contributed by atoms with Crippen molar-refractivity contribution in [3.05, 3.63) is 29.3 Å². The summed E-state index contributed by atoms with van der Waals surface area (Å²) in [5.74, 6) is 3.55. The first-order chi connectivity index (χ1) is 5.83. The molecule has 62 valence electrons. The van der Waals surface area contributed by atoms with Gasteiger partial charge in [0.2, 0.25) is 0 Å². The summed E-state index contributed by atoms with van der Waals surface area (Å²) in [4.78, 5) is 1.18. The third kappa shape index (κ3) is 3.21. The fourth-order valence-electron chi connectivity index (χ4n) is 0.785. The van der Waals surface area contributed by atoms with Gasteiger partial charge in [0.1, 0.15) is 0 Å². The van der Waals surface area contributed by atoms with Gasteiger partial charge in [-0.25, -0.2) is 0 Å². The lowest BCUT2D eigenvalue weighted by atomic mass is 10.4. The molecule has 0 saturated carbocycles. The van der Waals surface area contributed by atoms with E-state index in [2.05, 4.69) is 5.92 Å². The Bertz CT molecular complexity index is 288. The number of hydrogen-bond donors (Lipinski definition) is 0. The second kappa shape index (κ2) is 5.13. The lowest BCUT2D eigenvalue weighted by Gasteiger charge is -1.98. The Balaban J connectivity index is 2.48. The van der Waals surface area contributed by atoms with Gasteiger partial charge in [-0.15, -0.1) is 24.1 Å². The Morgan fingerprint density at radius 3 is 3.00 bits per heavy atom. The van der Waals surface area contributed by atoms with E-state index < -0.39 is 0 Å². The zero-order valence-electron chi connectivity index (χ0n) is 6.59. The van der Waals surface area contributed by atoms with Gasteiger partial charge in [0.05, 0.1) is 0 Å². The zero-order valence-corrected chi connectivity index (χ0v) is 8.16. The highest BCUT2D eigenvalue weighted by molar-refractivity contribution is 7.99. The SMILES string of the molecule is C#CCCSc1cccc(Cl)c1. The maximum Gasteiger partial charge on any atom is 0.0417 e. The largest absolute Gasteiger partial charge is 0.125 e. The van der Waals surface area contributed by atoms with E-state index >= 15 is 0 Å². The van der Waals surface area contributed by atoms with Crippen LogP contribution in [0.1, 0.15) is 6.42 Å². The van der Waals surface area contributed by atoms with Crippen LogP contribution in [-0.2, 0) is 0 Å². The Kier molecular flexibility index (Phi) is 4.07. The molecule has 0 bridgehead atoms. The Labute approximate surface area is 82.3 Å². The molecule has 0 unspecified atom stereocenters. The summed E-state index contributed by atoms with van der Waals surface area (Å²) in [5, 5.41) is 0.778. The molecule has 2 heteroatoms. The van der Waals surface area contributed by atoms with Crippen LogP contribution in [0.15, 0.2) is 29.2 Å². The highest BCUT2D eigenvalue weighted by Crippen LogP contribution is 2.21. The molecule has 0 aliphatic heterocycles. The Morgan fingerprint density at radius 2 is 2.33 bits per heavy atom. The van der Waals surface area contributed by atoms with Gasteiger partial charge in [0.25, 0.3) is 0 Å². The van der Waals surface area contributed by atoms with E-state index in [4.69, 9.17) is 18.0 Å². The van der Waals surface area contributed by atoms with E-state index in [9.17, 15) is 0 Å². The molecule has 0 fully saturated rings. The predicted molar refractivity (Wildman–Crippen MR) is 55.6 cm³/mol.